The summed E-state index contributed by atoms with van der Waals surface area (Å²) in [5, 5.41) is 0. The Bertz CT molecular complexity index is 2180. The zero-order valence-corrected chi connectivity index (χ0v) is 33.2. The summed E-state index contributed by atoms with van der Waals surface area (Å²) < 4.78 is 144. The van der Waals surface area contributed by atoms with E-state index in [-0.39, 0.29) is 55.2 Å². The van der Waals surface area contributed by atoms with Crippen LogP contribution >= 0.6 is 0 Å². The van der Waals surface area contributed by atoms with Crippen LogP contribution < -0.4 is 4.90 Å². The lowest BCUT2D eigenvalue weighted by Gasteiger charge is -2.33. The normalized spacial score (nSPS) is 18.8. The van der Waals surface area contributed by atoms with E-state index >= 15 is 0 Å². The number of fused-ring (bicyclic) bond motifs is 1. The molecule has 2 unspecified atom stereocenters. The zero-order chi connectivity index (χ0) is 40.0. The van der Waals surface area contributed by atoms with Gasteiger partial charge in [0.25, 0.3) is 40.5 Å². The van der Waals surface area contributed by atoms with Gasteiger partial charge in [0.05, 0.1) is 41.1 Å². The molecular weight excluding hydrogens is 775 g/mol. The minimum atomic E-state index is -4.63. The van der Waals surface area contributed by atoms with Gasteiger partial charge in [-0.3, -0.25) is 18.2 Å². The number of nitrogens with zero attached hydrogens (tertiary/aromatic N) is 1. The number of rotatable bonds is 20. The molecule has 0 aromatic heterocycles. The van der Waals surface area contributed by atoms with Gasteiger partial charge in [-0.05, 0) is 98.2 Å². The van der Waals surface area contributed by atoms with Crippen LogP contribution in [-0.4, -0.2) is 96.9 Å². The Morgan fingerprint density at radius 1 is 0.868 bits per heavy atom. The van der Waals surface area contributed by atoms with Crippen LogP contribution in [0.5, 0.6) is 0 Å². The van der Waals surface area contributed by atoms with Crippen molar-refractivity contribution in [3.8, 4) is 0 Å². The van der Waals surface area contributed by atoms with E-state index < -0.39 is 62.8 Å². The SMILES string of the molecule is C=C(/C=C/C=C1/N(CCOCCOC)c2ccc(S(=O)(=O)O)cc2C1(C)CCCS(=O)(=O)O)C(C)(CCCS(=O)(=O)O)c1cc(S(=O)(=O)O)ccc1C. The van der Waals surface area contributed by atoms with Crippen LogP contribution in [0.15, 0.2) is 82.3 Å². The highest BCUT2D eigenvalue weighted by Gasteiger charge is 2.44. The number of hydrogen-bond acceptors (Lipinski definition) is 11. The second kappa shape index (κ2) is 17.2. The standard InChI is InChI=1S/C34H47NO14S4/c1-25-11-12-27(52(42,43)44)23-29(25)33(3,15-7-21-50(36,37)38)26(2)9-6-10-32-34(4,16-8-22-51(39,40)41)30-24-28(53(45,46)47)13-14-31(30)35(32)17-18-49-20-19-48-5/h6,9-14,23-24H,2,7-8,15-22H2,1,3-5H3,(H,36,37,38)(H,39,40,41)(H,42,43,44)(H,45,46,47)/b9-6+,32-10+. The van der Waals surface area contributed by atoms with Crippen molar-refractivity contribution >= 4 is 46.2 Å². The summed E-state index contributed by atoms with van der Waals surface area (Å²) in [6, 6.07) is 8.10. The molecule has 0 saturated heterocycles. The molecule has 2 atom stereocenters. The lowest BCUT2D eigenvalue weighted by atomic mass is 9.71. The number of allylic oxidation sites excluding steroid dienone is 5. The lowest BCUT2D eigenvalue weighted by molar-refractivity contribution is 0.0744. The molecule has 4 N–H and O–H groups in total. The Morgan fingerprint density at radius 2 is 1.45 bits per heavy atom. The first-order valence-electron chi connectivity index (χ1n) is 16.4. The van der Waals surface area contributed by atoms with Crippen molar-refractivity contribution in [1.82, 2.24) is 0 Å². The summed E-state index contributed by atoms with van der Waals surface area (Å²) in [5.74, 6) is -1.15. The fourth-order valence-corrected chi connectivity index (χ4v) is 8.61. The summed E-state index contributed by atoms with van der Waals surface area (Å²) in [5.41, 5.74) is 0.852. The Morgan fingerprint density at radius 3 is 2.04 bits per heavy atom. The second-order valence-corrected chi connectivity index (χ2v) is 19.2. The maximum absolute atomic E-state index is 12.2. The summed E-state index contributed by atoms with van der Waals surface area (Å²) in [6.45, 7) is 10.5. The fourth-order valence-electron chi connectivity index (χ4n) is 6.58. The van der Waals surface area contributed by atoms with Gasteiger partial charge in [0.2, 0.25) is 0 Å². The third-order valence-electron chi connectivity index (χ3n) is 9.42. The van der Waals surface area contributed by atoms with E-state index in [0.29, 0.717) is 40.3 Å². The molecule has 0 amide bonds. The molecule has 0 aliphatic carbocycles. The summed E-state index contributed by atoms with van der Waals surface area (Å²) in [6.07, 6.45) is 5.12. The van der Waals surface area contributed by atoms with Crippen molar-refractivity contribution in [1.29, 1.82) is 0 Å². The maximum Gasteiger partial charge on any atom is 0.294 e. The zero-order valence-electron chi connectivity index (χ0n) is 29.9. The molecule has 296 valence electrons. The molecule has 1 aliphatic rings. The molecule has 19 heteroatoms. The highest BCUT2D eigenvalue weighted by atomic mass is 32.2. The molecule has 2 aromatic rings. The summed E-state index contributed by atoms with van der Waals surface area (Å²) >= 11 is 0. The highest BCUT2D eigenvalue weighted by Crippen LogP contribution is 2.51. The largest absolute Gasteiger partial charge is 0.382 e. The van der Waals surface area contributed by atoms with E-state index in [0.717, 1.165) is 0 Å². The van der Waals surface area contributed by atoms with Gasteiger partial charge in [-0.25, -0.2) is 0 Å². The van der Waals surface area contributed by atoms with Gasteiger partial charge in [-0.15, -0.1) is 0 Å². The first kappa shape index (κ1) is 44.4. The predicted molar refractivity (Wildman–Crippen MR) is 200 cm³/mol. The fraction of sp³-hybridized carbons (Fsp3) is 0.471. The van der Waals surface area contributed by atoms with E-state index in [9.17, 15) is 51.9 Å². The Balaban J connectivity index is 2.19. The van der Waals surface area contributed by atoms with E-state index in [1.54, 1.807) is 39.0 Å². The predicted octanol–water partition coefficient (Wildman–Crippen LogP) is 4.52. The quantitative estimate of drug-likeness (QED) is 0.0816. The molecule has 1 heterocycles. The average Bonchev–Trinajstić information content (AvgIpc) is 3.25. The van der Waals surface area contributed by atoms with Crippen molar-refractivity contribution in [3.05, 3.63) is 89.2 Å². The third-order valence-corrected chi connectivity index (χ3v) is 12.7. The van der Waals surface area contributed by atoms with Gasteiger partial charge in [0.1, 0.15) is 0 Å². The van der Waals surface area contributed by atoms with Gasteiger partial charge in [0, 0.05) is 35.9 Å². The highest BCUT2D eigenvalue weighted by molar-refractivity contribution is 7.86. The number of ether oxygens (including phenoxy) is 2. The second-order valence-electron chi connectivity index (χ2n) is 13.2. The van der Waals surface area contributed by atoms with Crippen molar-refractivity contribution in [3.63, 3.8) is 0 Å². The van der Waals surface area contributed by atoms with Crippen molar-refractivity contribution in [2.75, 3.05) is 49.9 Å². The van der Waals surface area contributed by atoms with Crippen LogP contribution in [0.1, 0.15) is 56.2 Å². The van der Waals surface area contributed by atoms with Crippen molar-refractivity contribution < 1.29 is 61.4 Å². The molecule has 15 nitrogen and oxygen atoms in total. The van der Waals surface area contributed by atoms with Gasteiger partial charge in [-0.2, -0.15) is 33.7 Å². The van der Waals surface area contributed by atoms with Gasteiger partial charge in [0.15, 0.2) is 0 Å². The molecule has 0 bridgehead atoms. The van der Waals surface area contributed by atoms with Crippen LogP contribution in [0.4, 0.5) is 5.69 Å². The number of aryl methyl sites for hydroxylation is 1. The topological polar surface area (TPSA) is 239 Å². The van der Waals surface area contributed by atoms with Gasteiger partial charge in [-0.1, -0.05) is 31.7 Å². The van der Waals surface area contributed by atoms with Crippen molar-refractivity contribution in [2.24, 2.45) is 0 Å². The van der Waals surface area contributed by atoms with E-state index in [1.165, 1.54) is 43.5 Å². The van der Waals surface area contributed by atoms with Crippen LogP contribution in [-0.2, 0) is 60.8 Å². The molecule has 1 aliphatic heterocycles. The number of methoxy groups -OCH3 is 1. The molecule has 0 radical (unpaired) electrons. The van der Waals surface area contributed by atoms with Crippen LogP contribution in [0, 0.1) is 6.92 Å². The molecule has 0 saturated carbocycles. The smallest absolute Gasteiger partial charge is 0.294 e. The van der Waals surface area contributed by atoms with E-state index in [4.69, 9.17) is 9.47 Å². The van der Waals surface area contributed by atoms with Crippen LogP contribution in [0.25, 0.3) is 0 Å². The minimum Gasteiger partial charge on any atom is -0.382 e. The first-order valence-corrected chi connectivity index (χ1v) is 22.5. The summed E-state index contributed by atoms with van der Waals surface area (Å²) in [7, 11) is -16.4. The summed E-state index contributed by atoms with van der Waals surface area (Å²) in [4.78, 5) is 1.11. The minimum absolute atomic E-state index is 0.0218. The van der Waals surface area contributed by atoms with Crippen molar-refractivity contribution in [2.45, 2.75) is 67.1 Å². The molecular formula is C34H47NO14S4. The number of anilines is 1. The van der Waals surface area contributed by atoms with E-state index in [1.807, 2.05) is 4.90 Å². The van der Waals surface area contributed by atoms with E-state index in [2.05, 4.69) is 6.58 Å². The average molecular weight is 822 g/mol. The molecule has 53 heavy (non-hydrogen) atoms. The lowest BCUT2D eigenvalue weighted by Crippen LogP contribution is -2.31. The first-order chi connectivity index (χ1) is 24.3. The number of hydrogen-bond donors (Lipinski definition) is 4. The van der Waals surface area contributed by atoms with Gasteiger partial charge >= 0.3 is 0 Å². The molecule has 0 fully saturated rings. The molecule has 0 spiro atoms. The molecule has 2 aromatic carbocycles. The monoisotopic (exact) mass is 821 g/mol. The van der Waals surface area contributed by atoms with Crippen LogP contribution in [0.3, 0.4) is 0 Å². The third kappa shape index (κ3) is 11.8. The maximum atomic E-state index is 12.2. The van der Waals surface area contributed by atoms with Gasteiger partial charge < -0.3 is 14.4 Å². The number of benzene rings is 2. The van der Waals surface area contributed by atoms with Crippen LogP contribution in [0.2, 0.25) is 0 Å². The Hall–Kier alpha value is -2.98. The molecule has 3 rings (SSSR count). The Labute approximate surface area is 312 Å². The Kier molecular flexibility index (Phi) is 14.4.